The fraction of sp³-hybridized carbons (Fsp3) is 0.333. The van der Waals surface area contributed by atoms with Gasteiger partial charge in [-0.1, -0.05) is 82.1 Å². The number of ether oxygens (including phenoxy) is 1. The number of nitrogens with one attached hydrogen (secondary N) is 2. The second-order valence-corrected chi connectivity index (χ2v) is 12.3. The largest absolute Gasteiger partial charge is 0.489 e. The van der Waals surface area contributed by atoms with Crippen LogP contribution in [0.1, 0.15) is 86.2 Å². The molecule has 0 fully saturated rings. The van der Waals surface area contributed by atoms with E-state index in [0.717, 1.165) is 43.5 Å². The predicted molar refractivity (Wildman–Crippen MR) is 176 cm³/mol. The van der Waals surface area contributed by atoms with E-state index in [0.29, 0.717) is 12.5 Å². The molecule has 0 aliphatic carbocycles. The van der Waals surface area contributed by atoms with Crippen molar-refractivity contribution in [1.82, 2.24) is 15.3 Å². The maximum Gasteiger partial charge on any atom is 0.317 e. The van der Waals surface area contributed by atoms with Gasteiger partial charge in [-0.15, -0.1) is 11.3 Å². The van der Waals surface area contributed by atoms with Crippen LogP contribution in [0.4, 0.5) is 0 Å². The van der Waals surface area contributed by atoms with Crippen LogP contribution in [-0.4, -0.2) is 27.6 Å². The van der Waals surface area contributed by atoms with Gasteiger partial charge in [-0.05, 0) is 71.8 Å². The van der Waals surface area contributed by atoms with E-state index in [1.165, 1.54) is 31.2 Å². The van der Waals surface area contributed by atoms with E-state index in [9.17, 15) is 9.90 Å². The number of carboxylic acid groups (broad SMARTS) is 1. The number of H-pyrrole nitrogens is 1. The number of rotatable bonds is 15. The first-order valence-electron chi connectivity index (χ1n) is 15.3. The zero-order chi connectivity index (χ0) is 30.2. The highest BCUT2D eigenvalue weighted by Gasteiger charge is 2.26. The third kappa shape index (κ3) is 7.72. The van der Waals surface area contributed by atoms with Gasteiger partial charge in [0, 0.05) is 15.7 Å². The van der Waals surface area contributed by atoms with Crippen molar-refractivity contribution in [2.45, 2.75) is 70.9 Å². The van der Waals surface area contributed by atoms with Gasteiger partial charge in [0.05, 0.1) is 23.6 Å². The molecule has 2 atom stereocenters. The highest BCUT2D eigenvalue weighted by molar-refractivity contribution is 7.15. The highest BCUT2D eigenvalue weighted by atomic mass is 32.1. The van der Waals surface area contributed by atoms with Crippen LogP contribution in [0.5, 0.6) is 5.75 Å². The molecule has 0 radical (unpaired) electrons. The smallest absolute Gasteiger partial charge is 0.317 e. The van der Waals surface area contributed by atoms with Gasteiger partial charge < -0.3 is 14.8 Å². The first-order valence-corrected chi connectivity index (χ1v) is 16.1. The molecule has 43 heavy (non-hydrogen) atoms. The zero-order valence-electron chi connectivity index (χ0n) is 25.2. The van der Waals surface area contributed by atoms with Crippen molar-refractivity contribution in [3.05, 3.63) is 107 Å². The van der Waals surface area contributed by atoms with E-state index in [-0.39, 0.29) is 18.5 Å². The zero-order valence-corrected chi connectivity index (χ0v) is 26.0. The molecule has 0 aliphatic heterocycles. The number of aromatic amines is 1. The molecule has 5 rings (SSSR count). The van der Waals surface area contributed by atoms with E-state index in [1.807, 2.05) is 24.3 Å². The number of hydrogen-bond donors (Lipinski definition) is 3. The normalized spacial score (nSPS) is 12.9. The second-order valence-electron chi connectivity index (χ2n) is 11.2. The van der Waals surface area contributed by atoms with Gasteiger partial charge in [0.15, 0.2) is 0 Å². The van der Waals surface area contributed by atoms with Crippen LogP contribution in [0.25, 0.3) is 21.5 Å². The van der Waals surface area contributed by atoms with Gasteiger partial charge in [0.25, 0.3) is 0 Å². The maximum atomic E-state index is 11.4. The monoisotopic (exact) mass is 595 g/mol. The third-order valence-electron chi connectivity index (χ3n) is 8.02. The lowest BCUT2D eigenvalue weighted by Gasteiger charge is -2.22. The maximum absolute atomic E-state index is 11.4. The summed E-state index contributed by atoms with van der Waals surface area (Å²) in [5.74, 6) is 1.41. The Morgan fingerprint density at radius 3 is 2.35 bits per heavy atom. The van der Waals surface area contributed by atoms with Crippen LogP contribution >= 0.6 is 11.3 Å². The Morgan fingerprint density at radius 2 is 1.67 bits per heavy atom. The van der Waals surface area contributed by atoms with Crippen molar-refractivity contribution in [2.75, 3.05) is 6.54 Å². The summed E-state index contributed by atoms with van der Waals surface area (Å²) < 4.78 is 6.10. The highest BCUT2D eigenvalue weighted by Crippen LogP contribution is 2.38. The number of carbonyl (C=O) groups is 1. The Kier molecular flexibility index (Phi) is 10.3. The van der Waals surface area contributed by atoms with Crippen molar-refractivity contribution < 1.29 is 14.6 Å². The molecule has 0 aliphatic rings. The Hall–Kier alpha value is -3.94. The molecule has 3 N–H and O–H groups in total. The fourth-order valence-corrected chi connectivity index (χ4v) is 6.88. The van der Waals surface area contributed by atoms with Crippen molar-refractivity contribution >= 4 is 28.3 Å². The quantitative estimate of drug-likeness (QED) is 0.112. The molecule has 224 valence electrons. The summed E-state index contributed by atoms with van der Waals surface area (Å²) in [5.41, 5.74) is 5.52. The van der Waals surface area contributed by atoms with Gasteiger partial charge in [0.2, 0.25) is 0 Å². The van der Waals surface area contributed by atoms with Crippen molar-refractivity contribution in [3.63, 3.8) is 0 Å². The van der Waals surface area contributed by atoms with Gasteiger partial charge in [-0.2, -0.15) is 0 Å². The number of para-hydroxylation sites is 2. The van der Waals surface area contributed by atoms with Crippen LogP contribution in [0, 0.1) is 0 Å². The SMILES string of the molecule is CCCC(CCC)c1ccc(OCc2ccc(-c3ccc(C(NCC(=O)O)C(C)c4nc5ccccc5[nH]4)s3)cc2)cc1. The van der Waals surface area contributed by atoms with E-state index in [2.05, 4.69) is 91.7 Å². The van der Waals surface area contributed by atoms with Gasteiger partial charge in [-0.3, -0.25) is 10.1 Å². The third-order valence-corrected chi connectivity index (χ3v) is 9.23. The Labute approximate surface area is 258 Å². The summed E-state index contributed by atoms with van der Waals surface area (Å²) in [7, 11) is 0. The molecule has 3 aromatic carbocycles. The first-order chi connectivity index (χ1) is 20.9. The molecule has 0 saturated carbocycles. The van der Waals surface area contributed by atoms with Crippen LogP contribution < -0.4 is 10.1 Å². The summed E-state index contributed by atoms with van der Waals surface area (Å²) in [6, 6.07) is 29.0. The summed E-state index contributed by atoms with van der Waals surface area (Å²) >= 11 is 1.67. The number of nitrogens with zero attached hydrogens (tertiary/aromatic N) is 1. The summed E-state index contributed by atoms with van der Waals surface area (Å²) in [6.07, 6.45) is 4.86. The molecule has 2 unspecified atom stereocenters. The molecular weight excluding hydrogens is 554 g/mol. The number of imidazole rings is 1. The lowest BCUT2D eigenvalue weighted by Crippen LogP contribution is -2.30. The number of hydrogen-bond acceptors (Lipinski definition) is 5. The lowest BCUT2D eigenvalue weighted by molar-refractivity contribution is -0.136. The van der Waals surface area contributed by atoms with Crippen molar-refractivity contribution in [3.8, 4) is 16.2 Å². The van der Waals surface area contributed by atoms with E-state index < -0.39 is 5.97 Å². The van der Waals surface area contributed by atoms with Crippen molar-refractivity contribution in [1.29, 1.82) is 0 Å². The minimum absolute atomic E-state index is 0.0592. The summed E-state index contributed by atoms with van der Waals surface area (Å²) in [4.78, 5) is 21.8. The molecule has 0 amide bonds. The van der Waals surface area contributed by atoms with Gasteiger partial charge in [-0.25, -0.2) is 4.98 Å². The van der Waals surface area contributed by atoms with Crippen LogP contribution in [-0.2, 0) is 11.4 Å². The Balaban J connectivity index is 1.25. The number of carboxylic acids is 1. The lowest BCUT2D eigenvalue weighted by atomic mass is 9.90. The average molecular weight is 596 g/mol. The first kappa shape index (κ1) is 30.5. The summed E-state index contributed by atoms with van der Waals surface area (Å²) in [6.45, 7) is 6.97. The van der Waals surface area contributed by atoms with E-state index >= 15 is 0 Å². The molecule has 2 aromatic heterocycles. The average Bonchev–Trinajstić information content (AvgIpc) is 3.68. The molecular formula is C36H41N3O3S. The Morgan fingerprint density at radius 1 is 0.953 bits per heavy atom. The number of fused-ring (bicyclic) bond motifs is 1. The summed E-state index contributed by atoms with van der Waals surface area (Å²) in [5, 5.41) is 12.6. The second kappa shape index (κ2) is 14.5. The topological polar surface area (TPSA) is 87.2 Å². The fourth-order valence-electron chi connectivity index (χ4n) is 5.68. The molecule has 0 spiro atoms. The molecule has 0 saturated heterocycles. The number of benzene rings is 3. The molecule has 2 heterocycles. The van der Waals surface area contributed by atoms with Crippen LogP contribution in [0.15, 0.2) is 84.9 Å². The standard InChI is InChI=1S/C36H41N3O3S/c1-4-8-26(9-5-2)27-16-18-29(19-17-27)42-23-25-12-14-28(15-13-25)32-20-21-33(43-32)35(37-22-34(40)41)24(3)36-38-30-10-6-7-11-31(30)39-36/h6-7,10-21,24,26,35,37H,4-5,8-9,22-23H2,1-3H3,(H,38,39)(H,40,41). The molecule has 5 aromatic rings. The molecule has 0 bridgehead atoms. The minimum Gasteiger partial charge on any atom is -0.489 e. The van der Waals surface area contributed by atoms with E-state index in [1.54, 1.807) is 11.3 Å². The number of thiophene rings is 1. The van der Waals surface area contributed by atoms with Crippen LogP contribution in [0.2, 0.25) is 0 Å². The Bertz CT molecular complexity index is 1570. The van der Waals surface area contributed by atoms with Crippen molar-refractivity contribution in [2.24, 2.45) is 0 Å². The number of aliphatic carboxylic acids is 1. The van der Waals surface area contributed by atoms with E-state index in [4.69, 9.17) is 9.72 Å². The molecule has 6 nitrogen and oxygen atoms in total. The predicted octanol–water partition coefficient (Wildman–Crippen LogP) is 9.07. The molecule has 7 heteroatoms. The van der Waals surface area contributed by atoms with Gasteiger partial charge in [0.1, 0.15) is 18.2 Å². The van der Waals surface area contributed by atoms with Crippen LogP contribution in [0.3, 0.4) is 0 Å². The van der Waals surface area contributed by atoms with Gasteiger partial charge >= 0.3 is 5.97 Å². The minimum atomic E-state index is -0.885. The number of aromatic nitrogens is 2.